The Morgan fingerprint density at radius 3 is 2.67 bits per heavy atom. The molecule has 0 saturated heterocycles. The first kappa shape index (κ1) is 15.1. The monoisotopic (exact) mass is 288 g/mol. The van der Waals surface area contributed by atoms with Crippen molar-refractivity contribution in [2.75, 3.05) is 5.73 Å². The molecule has 3 nitrogen and oxygen atoms in total. The molecule has 0 radical (unpaired) electrons. The van der Waals surface area contributed by atoms with Gasteiger partial charge in [0.25, 0.3) is 5.91 Å². The number of hydrogen-bond acceptors (Lipinski definition) is 2. The molecule has 3 N–H and O–H groups in total. The van der Waals surface area contributed by atoms with Crippen LogP contribution in [0.15, 0.2) is 12.1 Å². The number of anilines is 1. The van der Waals surface area contributed by atoms with Gasteiger partial charge in [0.1, 0.15) is 0 Å². The summed E-state index contributed by atoms with van der Waals surface area (Å²) in [5.41, 5.74) is 6.42. The standard InChI is InChI=1S/C13H18Cl2N2O/c1-3-4-5-8(2)17-13(18)9-6-10(14)12(15)11(16)7-9/h6-8H,3-5,16H2,1-2H3,(H,17,18). The van der Waals surface area contributed by atoms with Crippen molar-refractivity contribution in [3.05, 3.63) is 27.7 Å². The van der Waals surface area contributed by atoms with E-state index < -0.39 is 0 Å². The Bertz CT molecular complexity index is 412. The zero-order valence-electron chi connectivity index (χ0n) is 10.6. The van der Waals surface area contributed by atoms with Gasteiger partial charge in [0.05, 0.1) is 15.7 Å². The van der Waals surface area contributed by atoms with E-state index in [1.54, 1.807) is 0 Å². The summed E-state index contributed by atoms with van der Waals surface area (Å²) in [5.74, 6) is -0.177. The van der Waals surface area contributed by atoms with Crippen molar-refractivity contribution in [1.82, 2.24) is 5.32 Å². The first-order valence-electron chi connectivity index (χ1n) is 6.01. The number of benzene rings is 1. The summed E-state index contributed by atoms with van der Waals surface area (Å²) in [4.78, 5) is 12.0. The van der Waals surface area contributed by atoms with Gasteiger partial charge in [-0.2, -0.15) is 0 Å². The highest BCUT2D eigenvalue weighted by Gasteiger charge is 2.13. The average molecular weight is 289 g/mol. The van der Waals surface area contributed by atoms with Crippen molar-refractivity contribution >= 4 is 34.8 Å². The second-order valence-corrected chi connectivity index (χ2v) is 5.16. The molecule has 0 aliphatic rings. The van der Waals surface area contributed by atoms with Crippen LogP contribution in [0, 0.1) is 0 Å². The van der Waals surface area contributed by atoms with Gasteiger partial charge in [-0.1, -0.05) is 43.0 Å². The van der Waals surface area contributed by atoms with Gasteiger partial charge in [-0.15, -0.1) is 0 Å². The van der Waals surface area contributed by atoms with E-state index in [0.717, 1.165) is 19.3 Å². The maximum Gasteiger partial charge on any atom is 0.251 e. The van der Waals surface area contributed by atoms with Gasteiger partial charge in [0, 0.05) is 11.6 Å². The topological polar surface area (TPSA) is 55.1 Å². The third-order valence-electron chi connectivity index (χ3n) is 2.69. The molecule has 1 aromatic carbocycles. The van der Waals surface area contributed by atoms with Crippen molar-refractivity contribution < 1.29 is 4.79 Å². The SMILES string of the molecule is CCCCC(C)NC(=O)c1cc(N)c(Cl)c(Cl)c1. The molecule has 0 heterocycles. The maximum atomic E-state index is 12.0. The highest BCUT2D eigenvalue weighted by molar-refractivity contribution is 6.43. The number of halogens is 2. The van der Waals surface area contributed by atoms with E-state index in [2.05, 4.69) is 12.2 Å². The van der Waals surface area contributed by atoms with Crippen molar-refractivity contribution in [2.24, 2.45) is 0 Å². The number of nitrogens with two attached hydrogens (primary N) is 1. The van der Waals surface area contributed by atoms with Crippen LogP contribution < -0.4 is 11.1 Å². The van der Waals surface area contributed by atoms with Crippen LogP contribution in [0.25, 0.3) is 0 Å². The smallest absolute Gasteiger partial charge is 0.251 e. The average Bonchev–Trinajstić information content (AvgIpc) is 2.32. The van der Waals surface area contributed by atoms with Crippen LogP contribution in [0.4, 0.5) is 5.69 Å². The number of carbonyl (C=O) groups excluding carboxylic acids is 1. The van der Waals surface area contributed by atoms with E-state index in [0.29, 0.717) is 16.3 Å². The van der Waals surface area contributed by atoms with E-state index >= 15 is 0 Å². The van der Waals surface area contributed by atoms with Crippen molar-refractivity contribution in [1.29, 1.82) is 0 Å². The van der Waals surface area contributed by atoms with Gasteiger partial charge >= 0.3 is 0 Å². The second-order valence-electron chi connectivity index (χ2n) is 4.38. The lowest BCUT2D eigenvalue weighted by Gasteiger charge is -2.14. The van der Waals surface area contributed by atoms with Crippen LogP contribution in [-0.4, -0.2) is 11.9 Å². The van der Waals surface area contributed by atoms with Crippen LogP contribution in [0.3, 0.4) is 0 Å². The molecule has 0 spiro atoms. The third kappa shape index (κ3) is 4.07. The van der Waals surface area contributed by atoms with E-state index in [1.807, 2.05) is 6.92 Å². The molecule has 1 aromatic rings. The first-order valence-corrected chi connectivity index (χ1v) is 6.76. The summed E-state index contributed by atoms with van der Waals surface area (Å²) < 4.78 is 0. The molecular weight excluding hydrogens is 271 g/mol. The predicted octanol–water partition coefficient (Wildman–Crippen LogP) is 3.88. The fourth-order valence-corrected chi connectivity index (χ4v) is 1.97. The van der Waals surface area contributed by atoms with Crippen LogP contribution in [0.5, 0.6) is 0 Å². The Hall–Kier alpha value is -0.930. The normalized spacial score (nSPS) is 12.2. The summed E-state index contributed by atoms with van der Waals surface area (Å²) in [5, 5.41) is 3.49. The highest BCUT2D eigenvalue weighted by Crippen LogP contribution is 2.29. The summed E-state index contributed by atoms with van der Waals surface area (Å²) in [7, 11) is 0. The molecular formula is C13H18Cl2N2O. The van der Waals surface area contributed by atoms with Crippen molar-refractivity contribution in [3.8, 4) is 0 Å². The summed E-state index contributed by atoms with van der Waals surface area (Å²) in [6, 6.07) is 3.20. The minimum absolute atomic E-state index is 0.133. The van der Waals surface area contributed by atoms with Crippen LogP contribution in [-0.2, 0) is 0 Å². The third-order valence-corrected chi connectivity index (χ3v) is 3.50. The molecule has 0 saturated carbocycles. The van der Waals surface area contributed by atoms with Crippen molar-refractivity contribution in [3.63, 3.8) is 0 Å². The second kappa shape index (κ2) is 6.86. The Labute approximate surface area is 118 Å². The fourth-order valence-electron chi connectivity index (χ4n) is 1.63. The maximum absolute atomic E-state index is 12.0. The van der Waals surface area contributed by atoms with Crippen LogP contribution >= 0.6 is 23.2 Å². The number of nitrogen functional groups attached to an aromatic ring is 1. The Balaban J connectivity index is 2.73. The lowest BCUT2D eigenvalue weighted by molar-refractivity contribution is 0.0938. The first-order chi connectivity index (χ1) is 8.45. The van der Waals surface area contributed by atoms with Crippen LogP contribution in [0.2, 0.25) is 10.0 Å². The largest absolute Gasteiger partial charge is 0.397 e. The number of amides is 1. The fraction of sp³-hybridized carbons (Fsp3) is 0.462. The zero-order valence-corrected chi connectivity index (χ0v) is 12.1. The van der Waals surface area contributed by atoms with Crippen LogP contribution in [0.1, 0.15) is 43.5 Å². The number of unbranched alkanes of at least 4 members (excludes halogenated alkanes) is 1. The minimum atomic E-state index is -0.177. The minimum Gasteiger partial charge on any atom is -0.397 e. The van der Waals surface area contributed by atoms with E-state index in [4.69, 9.17) is 28.9 Å². The van der Waals surface area contributed by atoms with Crippen molar-refractivity contribution in [2.45, 2.75) is 39.2 Å². The summed E-state index contributed by atoms with van der Waals surface area (Å²) in [6.07, 6.45) is 3.16. The quantitative estimate of drug-likeness (QED) is 0.808. The number of carbonyl (C=O) groups is 1. The Kier molecular flexibility index (Phi) is 5.76. The molecule has 5 heteroatoms. The lowest BCUT2D eigenvalue weighted by Crippen LogP contribution is -2.32. The van der Waals surface area contributed by atoms with Gasteiger partial charge in [-0.3, -0.25) is 4.79 Å². The van der Waals surface area contributed by atoms with Gasteiger partial charge in [0.15, 0.2) is 0 Å². The summed E-state index contributed by atoms with van der Waals surface area (Å²) in [6.45, 7) is 4.10. The van der Waals surface area contributed by atoms with Gasteiger partial charge < -0.3 is 11.1 Å². The van der Waals surface area contributed by atoms with E-state index in [-0.39, 0.29) is 17.0 Å². The van der Waals surface area contributed by atoms with E-state index in [1.165, 1.54) is 12.1 Å². The molecule has 1 amide bonds. The van der Waals surface area contributed by atoms with Gasteiger partial charge in [-0.25, -0.2) is 0 Å². The number of rotatable bonds is 5. The molecule has 1 rings (SSSR count). The zero-order chi connectivity index (χ0) is 13.7. The van der Waals surface area contributed by atoms with E-state index in [9.17, 15) is 4.79 Å². The molecule has 0 bridgehead atoms. The Morgan fingerprint density at radius 2 is 2.11 bits per heavy atom. The molecule has 18 heavy (non-hydrogen) atoms. The highest BCUT2D eigenvalue weighted by atomic mass is 35.5. The molecule has 1 unspecified atom stereocenters. The van der Waals surface area contributed by atoms with Gasteiger partial charge in [0.2, 0.25) is 0 Å². The number of hydrogen-bond donors (Lipinski definition) is 2. The molecule has 0 fully saturated rings. The molecule has 0 aromatic heterocycles. The van der Waals surface area contributed by atoms with Gasteiger partial charge in [-0.05, 0) is 25.5 Å². The molecule has 100 valence electrons. The molecule has 0 aliphatic carbocycles. The summed E-state index contributed by atoms with van der Waals surface area (Å²) >= 11 is 11.7. The number of nitrogens with one attached hydrogen (secondary N) is 1. The molecule has 1 atom stereocenters. The molecule has 0 aliphatic heterocycles. The lowest BCUT2D eigenvalue weighted by atomic mass is 10.1. The Morgan fingerprint density at radius 1 is 1.44 bits per heavy atom. The predicted molar refractivity (Wildman–Crippen MR) is 77.3 cm³/mol.